The summed E-state index contributed by atoms with van der Waals surface area (Å²) in [4.78, 5) is 53.0. The molecule has 2 aliphatic rings. The van der Waals surface area contributed by atoms with Crippen LogP contribution in [-0.2, 0) is 9.53 Å². The predicted octanol–water partition coefficient (Wildman–Crippen LogP) is 3.41. The van der Waals surface area contributed by atoms with E-state index < -0.39 is 5.97 Å². The molecule has 1 heterocycles. The molecule has 1 amide bonds. The minimum Gasteiger partial charge on any atom is -0.452 e. The fourth-order valence-corrected chi connectivity index (χ4v) is 4.36. The molecular weight excluding hydrogens is 382 g/mol. The molecule has 1 atom stereocenters. The van der Waals surface area contributed by atoms with Gasteiger partial charge in [-0.05, 0) is 31.7 Å². The summed E-state index contributed by atoms with van der Waals surface area (Å²) >= 11 is 0. The topological polar surface area (TPSA) is 80.8 Å². The Bertz CT molecular complexity index is 1040. The summed E-state index contributed by atoms with van der Waals surface area (Å²) in [5, 5.41) is 0. The van der Waals surface area contributed by atoms with E-state index in [9.17, 15) is 19.2 Å². The average molecular weight is 405 g/mol. The molecule has 0 N–H and O–H groups in total. The molecule has 2 aromatic carbocycles. The molecule has 0 aromatic heterocycles. The SMILES string of the molecule is CC[C@@H]1CCCCN1C(=O)COC(=O)c1cccc2c1C(=O)c1ccccc1C2=O. The molecule has 154 valence electrons. The lowest BCUT2D eigenvalue weighted by Crippen LogP contribution is -2.45. The van der Waals surface area contributed by atoms with E-state index in [-0.39, 0.29) is 52.4 Å². The van der Waals surface area contributed by atoms with Gasteiger partial charge in [0.05, 0.1) is 5.56 Å². The van der Waals surface area contributed by atoms with E-state index in [0.717, 1.165) is 25.7 Å². The lowest BCUT2D eigenvalue weighted by molar-refractivity contribution is -0.138. The van der Waals surface area contributed by atoms with Crippen molar-refractivity contribution in [2.75, 3.05) is 13.2 Å². The van der Waals surface area contributed by atoms with Gasteiger partial charge in [0.25, 0.3) is 5.91 Å². The number of likely N-dealkylation sites (tertiary alicyclic amines) is 1. The van der Waals surface area contributed by atoms with Crippen molar-refractivity contribution < 1.29 is 23.9 Å². The van der Waals surface area contributed by atoms with E-state index in [1.165, 1.54) is 12.1 Å². The maximum absolute atomic E-state index is 13.0. The highest BCUT2D eigenvalue weighted by atomic mass is 16.5. The minimum absolute atomic E-state index is 0.0128. The van der Waals surface area contributed by atoms with Crippen LogP contribution >= 0.6 is 0 Å². The number of ketones is 2. The van der Waals surface area contributed by atoms with Crippen LogP contribution < -0.4 is 0 Å². The van der Waals surface area contributed by atoms with Crippen LogP contribution in [0, 0.1) is 0 Å². The molecule has 2 aromatic rings. The zero-order chi connectivity index (χ0) is 21.3. The van der Waals surface area contributed by atoms with Crippen LogP contribution in [-0.4, -0.2) is 47.5 Å². The van der Waals surface area contributed by atoms with Crippen molar-refractivity contribution >= 4 is 23.4 Å². The molecule has 1 aliphatic carbocycles. The van der Waals surface area contributed by atoms with Gasteiger partial charge in [0.1, 0.15) is 0 Å². The van der Waals surface area contributed by atoms with Gasteiger partial charge in [0.2, 0.25) is 0 Å². The van der Waals surface area contributed by atoms with Crippen LogP contribution in [0.15, 0.2) is 42.5 Å². The second-order valence-electron chi connectivity index (χ2n) is 7.65. The Kier molecular flexibility index (Phi) is 5.48. The number of nitrogens with zero attached hydrogens (tertiary/aromatic N) is 1. The first-order chi connectivity index (χ1) is 14.5. The van der Waals surface area contributed by atoms with Crippen LogP contribution in [0.2, 0.25) is 0 Å². The Hall–Kier alpha value is -3.28. The molecule has 0 unspecified atom stereocenters. The molecule has 0 bridgehead atoms. The number of carbonyl (C=O) groups is 4. The zero-order valence-corrected chi connectivity index (χ0v) is 16.8. The lowest BCUT2D eigenvalue weighted by Gasteiger charge is -2.35. The number of fused-ring (bicyclic) bond motifs is 2. The quantitative estimate of drug-likeness (QED) is 0.622. The fraction of sp³-hybridized carbons (Fsp3) is 0.333. The normalized spacial score (nSPS) is 17.9. The third-order valence-electron chi connectivity index (χ3n) is 5.92. The summed E-state index contributed by atoms with van der Waals surface area (Å²) in [5.74, 6) is -1.69. The van der Waals surface area contributed by atoms with Crippen LogP contribution in [0.4, 0.5) is 0 Å². The molecule has 0 radical (unpaired) electrons. The summed E-state index contributed by atoms with van der Waals surface area (Å²) in [6.45, 7) is 2.33. The number of hydrogen-bond acceptors (Lipinski definition) is 5. The second-order valence-corrected chi connectivity index (χ2v) is 7.65. The van der Waals surface area contributed by atoms with Crippen molar-refractivity contribution in [1.82, 2.24) is 4.90 Å². The molecule has 4 rings (SSSR count). The Morgan fingerprint density at radius 2 is 1.67 bits per heavy atom. The highest BCUT2D eigenvalue weighted by Crippen LogP contribution is 2.30. The van der Waals surface area contributed by atoms with Crippen molar-refractivity contribution in [2.45, 2.75) is 38.6 Å². The van der Waals surface area contributed by atoms with Gasteiger partial charge in [0.15, 0.2) is 18.2 Å². The van der Waals surface area contributed by atoms with Gasteiger partial charge in [-0.15, -0.1) is 0 Å². The van der Waals surface area contributed by atoms with Gasteiger partial charge in [0, 0.05) is 34.8 Å². The molecule has 0 saturated carbocycles. The average Bonchev–Trinajstić information content (AvgIpc) is 2.80. The molecule has 6 heteroatoms. The van der Waals surface area contributed by atoms with Gasteiger partial charge < -0.3 is 9.64 Å². The third-order valence-corrected chi connectivity index (χ3v) is 5.92. The van der Waals surface area contributed by atoms with Crippen molar-refractivity contribution in [1.29, 1.82) is 0 Å². The van der Waals surface area contributed by atoms with Crippen molar-refractivity contribution in [3.8, 4) is 0 Å². The first-order valence-corrected chi connectivity index (χ1v) is 10.3. The minimum atomic E-state index is -0.772. The molecular formula is C24H23NO5. The summed E-state index contributed by atoms with van der Waals surface area (Å²) < 4.78 is 5.28. The van der Waals surface area contributed by atoms with Crippen LogP contribution in [0.25, 0.3) is 0 Å². The van der Waals surface area contributed by atoms with E-state index >= 15 is 0 Å². The number of esters is 1. The van der Waals surface area contributed by atoms with Gasteiger partial charge in [-0.2, -0.15) is 0 Å². The maximum Gasteiger partial charge on any atom is 0.339 e. The van der Waals surface area contributed by atoms with E-state index in [1.807, 2.05) is 6.92 Å². The van der Waals surface area contributed by atoms with Gasteiger partial charge in [-0.3, -0.25) is 14.4 Å². The summed E-state index contributed by atoms with van der Waals surface area (Å²) in [5.41, 5.74) is 0.834. The van der Waals surface area contributed by atoms with E-state index in [4.69, 9.17) is 4.74 Å². The summed E-state index contributed by atoms with van der Waals surface area (Å²) in [7, 11) is 0. The molecule has 1 fully saturated rings. The van der Waals surface area contributed by atoms with E-state index in [2.05, 4.69) is 0 Å². The van der Waals surface area contributed by atoms with Crippen molar-refractivity contribution in [2.24, 2.45) is 0 Å². The Balaban J connectivity index is 1.55. The number of hydrogen-bond donors (Lipinski definition) is 0. The number of ether oxygens (including phenoxy) is 1. The van der Waals surface area contributed by atoms with Crippen LogP contribution in [0.3, 0.4) is 0 Å². The molecule has 30 heavy (non-hydrogen) atoms. The van der Waals surface area contributed by atoms with Crippen LogP contribution in [0.5, 0.6) is 0 Å². The first-order valence-electron chi connectivity index (χ1n) is 10.3. The Morgan fingerprint density at radius 3 is 2.40 bits per heavy atom. The van der Waals surface area contributed by atoms with E-state index in [1.54, 1.807) is 35.2 Å². The molecule has 1 aliphatic heterocycles. The number of rotatable bonds is 4. The number of amides is 1. The standard InChI is InChI=1S/C24H23NO5/c1-2-15-8-5-6-13-25(15)20(26)14-30-24(29)19-12-7-11-18-21(19)23(28)17-10-4-3-9-16(17)22(18)27/h3-4,7,9-12,15H,2,5-6,8,13-14H2,1H3/t15-/m1/s1. The van der Waals surface area contributed by atoms with Crippen molar-refractivity contribution in [3.63, 3.8) is 0 Å². The molecule has 0 spiro atoms. The van der Waals surface area contributed by atoms with Crippen LogP contribution in [0.1, 0.15) is 74.8 Å². The van der Waals surface area contributed by atoms with Crippen molar-refractivity contribution in [3.05, 3.63) is 70.3 Å². The Morgan fingerprint density at radius 1 is 0.967 bits per heavy atom. The molecule has 1 saturated heterocycles. The maximum atomic E-state index is 13.0. The smallest absolute Gasteiger partial charge is 0.339 e. The molecule has 6 nitrogen and oxygen atoms in total. The van der Waals surface area contributed by atoms with E-state index in [0.29, 0.717) is 12.1 Å². The van der Waals surface area contributed by atoms with Gasteiger partial charge >= 0.3 is 5.97 Å². The predicted molar refractivity (Wildman–Crippen MR) is 110 cm³/mol. The number of benzene rings is 2. The Labute approximate surface area is 174 Å². The fourth-order valence-electron chi connectivity index (χ4n) is 4.36. The highest BCUT2D eigenvalue weighted by Gasteiger charge is 2.33. The first kappa shape index (κ1) is 20.0. The summed E-state index contributed by atoms with van der Waals surface area (Å²) in [6.07, 6.45) is 3.86. The number of piperidine rings is 1. The summed E-state index contributed by atoms with van der Waals surface area (Å²) in [6, 6.07) is 11.3. The second kappa shape index (κ2) is 8.22. The van der Waals surface area contributed by atoms with Gasteiger partial charge in [-0.1, -0.05) is 43.3 Å². The lowest BCUT2D eigenvalue weighted by atomic mass is 9.82. The van der Waals surface area contributed by atoms with Gasteiger partial charge in [-0.25, -0.2) is 4.79 Å². The third kappa shape index (κ3) is 3.43. The zero-order valence-electron chi connectivity index (χ0n) is 16.8. The largest absolute Gasteiger partial charge is 0.452 e. The number of carbonyl (C=O) groups excluding carboxylic acids is 4. The monoisotopic (exact) mass is 405 g/mol. The highest BCUT2D eigenvalue weighted by molar-refractivity contribution is 6.30.